The Bertz CT molecular complexity index is 434. The number of hydrogen-bond donors (Lipinski definition) is 1. The van der Waals surface area contributed by atoms with Crippen molar-refractivity contribution in [2.75, 3.05) is 0 Å². The van der Waals surface area contributed by atoms with Crippen molar-refractivity contribution in [1.82, 2.24) is 14.8 Å². The topological polar surface area (TPSA) is 73.3 Å². The van der Waals surface area contributed by atoms with Gasteiger partial charge in [-0.3, -0.25) is 4.79 Å². The number of primary amides is 1. The van der Waals surface area contributed by atoms with Gasteiger partial charge in [-0.25, -0.2) is 4.52 Å². The van der Waals surface area contributed by atoms with E-state index in [9.17, 15) is 4.79 Å². The third-order valence-corrected chi connectivity index (χ3v) is 1.58. The number of nitrogens with zero attached hydrogens (tertiary/aromatic N) is 3. The lowest BCUT2D eigenvalue weighted by Crippen LogP contribution is -2.15. The molecular formula is C7H6N4O. The molecule has 0 radical (unpaired) electrons. The summed E-state index contributed by atoms with van der Waals surface area (Å²) in [7, 11) is 0. The van der Waals surface area contributed by atoms with E-state index in [0.29, 0.717) is 5.69 Å². The first kappa shape index (κ1) is 6.78. The number of pyridine rings is 1. The van der Waals surface area contributed by atoms with Crippen LogP contribution in [0.4, 0.5) is 0 Å². The van der Waals surface area contributed by atoms with E-state index in [1.165, 1.54) is 4.52 Å². The molecule has 0 saturated heterocycles. The molecule has 0 bridgehead atoms. The molecule has 0 fully saturated rings. The van der Waals surface area contributed by atoms with Gasteiger partial charge in [0, 0.05) is 0 Å². The third kappa shape index (κ3) is 0.833. The highest BCUT2D eigenvalue weighted by molar-refractivity contribution is 5.91. The largest absolute Gasteiger partial charge is 0.364 e. The summed E-state index contributed by atoms with van der Waals surface area (Å²) in [5.74, 6) is -0.508. The molecule has 1 amide bonds. The van der Waals surface area contributed by atoms with Gasteiger partial charge in [-0.1, -0.05) is 11.3 Å². The van der Waals surface area contributed by atoms with Gasteiger partial charge < -0.3 is 5.73 Å². The maximum atomic E-state index is 10.8. The minimum absolute atomic E-state index is 0.338. The average molecular weight is 162 g/mol. The quantitative estimate of drug-likeness (QED) is 0.632. The number of hydrogen-bond acceptors (Lipinski definition) is 3. The van der Waals surface area contributed by atoms with E-state index in [1.807, 2.05) is 0 Å². The standard InChI is InChI=1S/C7H6N4O/c8-7(12)6-3-1-2-5-4-9-10-11(5)6/h1-4H,(H2,8,12). The van der Waals surface area contributed by atoms with Crippen molar-refractivity contribution in [3.05, 3.63) is 30.1 Å². The minimum Gasteiger partial charge on any atom is -0.364 e. The van der Waals surface area contributed by atoms with Gasteiger partial charge in [-0.2, -0.15) is 0 Å². The molecule has 2 aromatic rings. The fraction of sp³-hybridized carbons (Fsp3) is 0. The van der Waals surface area contributed by atoms with E-state index in [0.717, 1.165) is 5.52 Å². The molecule has 2 rings (SSSR count). The van der Waals surface area contributed by atoms with Gasteiger partial charge in [0.2, 0.25) is 0 Å². The smallest absolute Gasteiger partial charge is 0.267 e. The highest BCUT2D eigenvalue weighted by atomic mass is 16.1. The SMILES string of the molecule is NC(=O)c1cccc2cnnn12. The molecule has 2 N–H and O–H groups in total. The Labute approximate surface area is 67.8 Å². The third-order valence-electron chi connectivity index (χ3n) is 1.58. The summed E-state index contributed by atoms with van der Waals surface area (Å²) in [6.07, 6.45) is 1.56. The second-order valence-corrected chi connectivity index (χ2v) is 2.35. The van der Waals surface area contributed by atoms with Crippen molar-refractivity contribution in [2.24, 2.45) is 5.73 Å². The van der Waals surface area contributed by atoms with Crippen LogP contribution in [0.15, 0.2) is 24.4 Å². The van der Waals surface area contributed by atoms with E-state index in [4.69, 9.17) is 5.73 Å². The molecule has 0 saturated carbocycles. The van der Waals surface area contributed by atoms with Crippen LogP contribution >= 0.6 is 0 Å². The number of rotatable bonds is 1. The summed E-state index contributed by atoms with van der Waals surface area (Å²) in [6, 6.07) is 5.13. The van der Waals surface area contributed by atoms with Crippen LogP contribution in [0.2, 0.25) is 0 Å². The van der Waals surface area contributed by atoms with E-state index < -0.39 is 5.91 Å². The van der Waals surface area contributed by atoms with E-state index in [1.54, 1.807) is 24.4 Å². The molecule has 0 aliphatic heterocycles. The second kappa shape index (κ2) is 2.30. The molecule has 0 unspecified atom stereocenters. The van der Waals surface area contributed by atoms with Gasteiger partial charge >= 0.3 is 0 Å². The Hall–Kier alpha value is -1.91. The molecule has 0 aliphatic carbocycles. The molecule has 5 nitrogen and oxygen atoms in total. The van der Waals surface area contributed by atoms with Crippen LogP contribution in [0.3, 0.4) is 0 Å². The zero-order valence-electron chi connectivity index (χ0n) is 6.14. The molecule has 2 aromatic heterocycles. The number of nitrogens with two attached hydrogens (primary N) is 1. The normalized spacial score (nSPS) is 10.3. The molecule has 5 heteroatoms. The predicted molar refractivity (Wildman–Crippen MR) is 41.5 cm³/mol. The molecule has 0 spiro atoms. The molecule has 0 aromatic carbocycles. The van der Waals surface area contributed by atoms with Crippen LogP contribution in [0.25, 0.3) is 5.52 Å². The minimum atomic E-state index is -0.508. The second-order valence-electron chi connectivity index (χ2n) is 2.35. The maximum Gasteiger partial charge on any atom is 0.267 e. The lowest BCUT2D eigenvalue weighted by Gasteiger charge is -1.96. The Morgan fingerprint density at radius 1 is 1.50 bits per heavy atom. The van der Waals surface area contributed by atoms with Gasteiger partial charge in [-0.05, 0) is 12.1 Å². The Balaban J connectivity index is 2.82. The Morgan fingerprint density at radius 2 is 2.33 bits per heavy atom. The first-order valence-electron chi connectivity index (χ1n) is 3.38. The Kier molecular flexibility index (Phi) is 1.30. The first-order valence-corrected chi connectivity index (χ1v) is 3.38. The van der Waals surface area contributed by atoms with Crippen LogP contribution in [-0.2, 0) is 0 Å². The van der Waals surface area contributed by atoms with Gasteiger partial charge in [0.25, 0.3) is 5.91 Å². The van der Waals surface area contributed by atoms with Gasteiger partial charge in [0.05, 0.1) is 11.7 Å². The fourth-order valence-corrected chi connectivity index (χ4v) is 1.04. The summed E-state index contributed by atoms with van der Waals surface area (Å²) in [5, 5.41) is 7.36. The summed E-state index contributed by atoms with van der Waals surface area (Å²) in [6.45, 7) is 0. The van der Waals surface area contributed by atoms with Crippen molar-refractivity contribution < 1.29 is 4.79 Å². The number of fused-ring (bicyclic) bond motifs is 1. The maximum absolute atomic E-state index is 10.8. The predicted octanol–water partition coefficient (Wildman–Crippen LogP) is -0.172. The van der Waals surface area contributed by atoms with E-state index in [-0.39, 0.29) is 0 Å². The van der Waals surface area contributed by atoms with E-state index in [2.05, 4.69) is 10.3 Å². The van der Waals surface area contributed by atoms with Crippen LogP contribution in [0, 0.1) is 0 Å². The molecule has 0 atom stereocenters. The van der Waals surface area contributed by atoms with Crippen molar-refractivity contribution >= 4 is 11.4 Å². The first-order chi connectivity index (χ1) is 5.79. The zero-order valence-corrected chi connectivity index (χ0v) is 6.14. The van der Waals surface area contributed by atoms with Gasteiger partial charge in [0.1, 0.15) is 5.69 Å². The summed E-state index contributed by atoms with van der Waals surface area (Å²) in [5.41, 5.74) is 6.21. The van der Waals surface area contributed by atoms with Gasteiger partial charge in [0.15, 0.2) is 0 Å². The molecule has 60 valence electrons. The molecule has 12 heavy (non-hydrogen) atoms. The highest BCUT2D eigenvalue weighted by Gasteiger charge is 2.05. The number of amides is 1. The monoisotopic (exact) mass is 162 g/mol. The number of carbonyl (C=O) groups excluding carboxylic acids is 1. The highest BCUT2D eigenvalue weighted by Crippen LogP contribution is 2.03. The zero-order chi connectivity index (χ0) is 8.55. The molecule has 0 aliphatic rings. The lowest BCUT2D eigenvalue weighted by atomic mass is 10.3. The average Bonchev–Trinajstić information content (AvgIpc) is 2.49. The van der Waals surface area contributed by atoms with Crippen LogP contribution < -0.4 is 5.73 Å². The van der Waals surface area contributed by atoms with Crippen molar-refractivity contribution in [3.8, 4) is 0 Å². The van der Waals surface area contributed by atoms with Crippen molar-refractivity contribution in [3.63, 3.8) is 0 Å². The number of carbonyl (C=O) groups is 1. The summed E-state index contributed by atoms with van der Waals surface area (Å²) >= 11 is 0. The summed E-state index contributed by atoms with van der Waals surface area (Å²) < 4.78 is 1.41. The number of aromatic nitrogens is 3. The Morgan fingerprint density at radius 3 is 3.08 bits per heavy atom. The summed E-state index contributed by atoms with van der Waals surface area (Å²) in [4.78, 5) is 10.8. The van der Waals surface area contributed by atoms with Crippen molar-refractivity contribution in [1.29, 1.82) is 0 Å². The van der Waals surface area contributed by atoms with Crippen molar-refractivity contribution in [2.45, 2.75) is 0 Å². The molecule has 2 heterocycles. The van der Waals surface area contributed by atoms with Crippen LogP contribution in [-0.4, -0.2) is 20.7 Å². The van der Waals surface area contributed by atoms with Crippen LogP contribution in [0.5, 0.6) is 0 Å². The van der Waals surface area contributed by atoms with E-state index >= 15 is 0 Å². The van der Waals surface area contributed by atoms with Crippen LogP contribution in [0.1, 0.15) is 10.5 Å². The van der Waals surface area contributed by atoms with Gasteiger partial charge in [-0.15, -0.1) is 5.10 Å². The molecular weight excluding hydrogens is 156 g/mol. The fourth-order valence-electron chi connectivity index (χ4n) is 1.04. The lowest BCUT2D eigenvalue weighted by molar-refractivity contribution is 0.0993.